The molecule has 3 rings (SSSR count). The minimum atomic E-state index is -0.0328. The maximum Gasteiger partial charge on any atom is 0.317 e. The number of carbonyl (C=O) groups is 1. The molecule has 0 radical (unpaired) electrons. The first-order valence-electron chi connectivity index (χ1n) is 7.41. The molecule has 0 spiro atoms. The molecule has 23 heavy (non-hydrogen) atoms. The zero-order valence-corrected chi connectivity index (χ0v) is 13.4. The van der Waals surface area contributed by atoms with Crippen molar-refractivity contribution in [3.05, 3.63) is 46.3 Å². The van der Waals surface area contributed by atoms with Gasteiger partial charge in [0.15, 0.2) is 0 Å². The maximum absolute atomic E-state index is 12.2. The van der Waals surface area contributed by atoms with Gasteiger partial charge in [0.05, 0.1) is 11.6 Å². The van der Waals surface area contributed by atoms with Gasteiger partial charge < -0.3 is 15.1 Å². The number of aromatic nitrogens is 1. The molecule has 6 nitrogen and oxygen atoms in total. The van der Waals surface area contributed by atoms with E-state index in [0.29, 0.717) is 38.3 Å². The number of hydrogen-bond acceptors (Lipinski definition) is 5. The topological polar surface area (TPSA) is 72.3 Å². The van der Waals surface area contributed by atoms with Crippen LogP contribution in [0.2, 0.25) is 0 Å². The Morgan fingerprint density at radius 1 is 1.35 bits per heavy atom. The summed E-state index contributed by atoms with van der Waals surface area (Å²) in [6.45, 7) is 3.29. The van der Waals surface area contributed by atoms with Gasteiger partial charge in [-0.15, -0.1) is 0 Å². The first-order valence-corrected chi connectivity index (χ1v) is 8.35. The zero-order valence-electron chi connectivity index (χ0n) is 12.6. The van der Waals surface area contributed by atoms with Crippen LogP contribution in [0.5, 0.6) is 0 Å². The summed E-state index contributed by atoms with van der Waals surface area (Å²) < 4.78 is 0. The highest BCUT2D eigenvalue weighted by molar-refractivity contribution is 7.07. The fraction of sp³-hybridized carbons (Fsp3) is 0.312. The van der Waals surface area contributed by atoms with Crippen molar-refractivity contribution in [3.63, 3.8) is 0 Å². The molecule has 2 aromatic heterocycles. The van der Waals surface area contributed by atoms with E-state index in [0.717, 1.165) is 11.4 Å². The van der Waals surface area contributed by atoms with Crippen molar-refractivity contribution < 1.29 is 4.79 Å². The highest BCUT2D eigenvalue weighted by Gasteiger charge is 2.21. The van der Waals surface area contributed by atoms with E-state index in [2.05, 4.69) is 21.3 Å². The molecule has 3 heterocycles. The first-order chi connectivity index (χ1) is 11.3. The summed E-state index contributed by atoms with van der Waals surface area (Å²) in [6, 6.07) is 7.58. The number of urea groups is 1. The van der Waals surface area contributed by atoms with Gasteiger partial charge >= 0.3 is 6.03 Å². The quantitative estimate of drug-likeness (QED) is 0.936. The van der Waals surface area contributed by atoms with Crippen molar-refractivity contribution in [3.8, 4) is 6.07 Å². The molecule has 2 aromatic rings. The van der Waals surface area contributed by atoms with Crippen LogP contribution in [0, 0.1) is 11.3 Å². The number of carbonyl (C=O) groups excluding carboxylic acids is 1. The molecule has 0 bridgehead atoms. The normalized spacial score (nSPS) is 14.4. The van der Waals surface area contributed by atoms with Crippen molar-refractivity contribution >= 4 is 23.2 Å². The Kier molecular flexibility index (Phi) is 4.74. The van der Waals surface area contributed by atoms with Gasteiger partial charge in [-0.05, 0) is 34.5 Å². The van der Waals surface area contributed by atoms with Gasteiger partial charge in [0.1, 0.15) is 5.82 Å². The van der Waals surface area contributed by atoms with Gasteiger partial charge in [0, 0.05) is 38.9 Å². The van der Waals surface area contributed by atoms with Crippen LogP contribution in [0.15, 0.2) is 35.2 Å². The summed E-state index contributed by atoms with van der Waals surface area (Å²) in [5, 5.41) is 15.9. The standard InChI is InChI=1S/C16H17N5OS/c17-10-13-1-3-18-15(9-13)20-4-6-21(7-5-20)16(22)19-11-14-2-8-23-12-14/h1-3,8-9,12H,4-7,11H2,(H,19,22). The molecule has 1 aliphatic heterocycles. The van der Waals surface area contributed by atoms with Crippen LogP contribution in [0.25, 0.3) is 0 Å². The summed E-state index contributed by atoms with van der Waals surface area (Å²) >= 11 is 1.63. The summed E-state index contributed by atoms with van der Waals surface area (Å²) in [5.41, 5.74) is 1.73. The average Bonchev–Trinajstić information content (AvgIpc) is 3.13. The van der Waals surface area contributed by atoms with Gasteiger partial charge in [-0.1, -0.05) is 0 Å². The lowest BCUT2D eigenvalue weighted by Gasteiger charge is -2.35. The smallest absolute Gasteiger partial charge is 0.317 e. The lowest BCUT2D eigenvalue weighted by Crippen LogP contribution is -2.51. The molecule has 1 aliphatic rings. The molecular formula is C16H17N5OS. The number of nitrogens with one attached hydrogen (secondary N) is 1. The van der Waals surface area contributed by atoms with Crippen molar-refractivity contribution in [2.75, 3.05) is 31.1 Å². The van der Waals surface area contributed by atoms with Crippen LogP contribution in [-0.2, 0) is 6.54 Å². The van der Waals surface area contributed by atoms with Gasteiger partial charge in [-0.3, -0.25) is 0 Å². The molecule has 0 unspecified atom stereocenters. The van der Waals surface area contributed by atoms with Crippen LogP contribution in [0.3, 0.4) is 0 Å². The number of hydrogen-bond donors (Lipinski definition) is 1. The number of nitrogens with zero attached hydrogens (tertiary/aromatic N) is 4. The number of rotatable bonds is 3. The minimum Gasteiger partial charge on any atom is -0.353 e. The number of pyridine rings is 1. The molecule has 118 valence electrons. The Balaban J connectivity index is 1.51. The highest BCUT2D eigenvalue weighted by atomic mass is 32.1. The number of thiophene rings is 1. The summed E-state index contributed by atoms with van der Waals surface area (Å²) in [6.07, 6.45) is 1.65. The predicted molar refractivity (Wildman–Crippen MR) is 89.3 cm³/mol. The number of piperazine rings is 1. The van der Waals surface area contributed by atoms with Crippen LogP contribution < -0.4 is 10.2 Å². The molecule has 7 heteroatoms. The Morgan fingerprint density at radius 2 is 2.17 bits per heavy atom. The fourth-order valence-corrected chi connectivity index (χ4v) is 3.15. The third-order valence-corrected chi connectivity index (χ3v) is 4.52. The molecule has 0 saturated carbocycles. The van der Waals surface area contributed by atoms with E-state index in [1.54, 1.807) is 29.7 Å². The number of amides is 2. The van der Waals surface area contributed by atoms with Crippen LogP contribution in [-0.4, -0.2) is 42.1 Å². The molecular weight excluding hydrogens is 310 g/mol. The van der Waals surface area contributed by atoms with E-state index in [9.17, 15) is 4.79 Å². The molecule has 2 amide bonds. The number of nitriles is 1. The monoisotopic (exact) mass is 327 g/mol. The average molecular weight is 327 g/mol. The zero-order chi connectivity index (χ0) is 16.1. The SMILES string of the molecule is N#Cc1ccnc(N2CCN(C(=O)NCc3ccsc3)CC2)c1. The summed E-state index contributed by atoms with van der Waals surface area (Å²) in [4.78, 5) is 20.4. The minimum absolute atomic E-state index is 0.0328. The van der Waals surface area contributed by atoms with Crippen molar-refractivity contribution in [1.29, 1.82) is 5.26 Å². The Labute approximate surface area is 139 Å². The van der Waals surface area contributed by atoms with Gasteiger partial charge in [-0.2, -0.15) is 16.6 Å². The molecule has 0 atom stereocenters. The van der Waals surface area contributed by atoms with E-state index in [-0.39, 0.29) is 6.03 Å². The Morgan fingerprint density at radius 3 is 2.87 bits per heavy atom. The third-order valence-electron chi connectivity index (χ3n) is 3.79. The predicted octanol–water partition coefficient (Wildman–Crippen LogP) is 2.05. The fourth-order valence-electron chi connectivity index (χ4n) is 2.48. The van der Waals surface area contributed by atoms with E-state index in [1.807, 2.05) is 21.7 Å². The van der Waals surface area contributed by atoms with Gasteiger partial charge in [0.25, 0.3) is 0 Å². The second-order valence-electron chi connectivity index (χ2n) is 5.28. The van der Waals surface area contributed by atoms with E-state index >= 15 is 0 Å². The third kappa shape index (κ3) is 3.79. The lowest BCUT2D eigenvalue weighted by atomic mass is 10.2. The summed E-state index contributed by atoms with van der Waals surface area (Å²) in [7, 11) is 0. The van der Waals surface area contributed by atoms with E-state index < -0.39 is 0 Å². The summed E-state index contributed by atoms with van der Waals surface area (Å²) in [5.74, 6) is 0.794. The van der Waals surface area contributed by atoms with Crippen molar-refractivity contribution in [1.82, 2.24) is 15.2 Å². The van der Waals surface area contributed by atoms with E-state index in [4.69, 9.17) is 5.26 Å². The van der Waals surface area contributed by atoms with Crippen LogP contribution in [0.1, 0.15) is 11.1 Å². The maximum atomic E-state index is 12.2. The Hall–Kier alpha value is -2.59. The van der Waals surface area contributed by atoms with Crippen LogP contribution in [0.4, 0.5) is 10.6 Å². The van der Waals surface area contributed by atoms with Crippen molar-refractivity contribution in [2.45, 2.75) is 6.54 Å². The molecule has 1 N–H and O–H groups in total. The second-order valence-corrected chi connectivity index (χ2v) is 6.06. The van der Waals surface area contributed by atoms with Crippen LogP contribution >= 0.6 is 11.3 Å². The highest BCUT2D eigenvalue weighted by Crippen LogP contribution is 2.15. The van der Waals surface area contributed by atoms with Gasteiger partial charge in [0.2, 0.25) is 0 Å². The molecule has 0 aromatic carbocycles. The largest absolute Gasteiger partial charge is 0.353 e. The van der Waals surface area contributed by atoms with E-state index in [1.165, 1.54) is 0 Å². The molecule has 1 saturated heterocycles. The first kappa shape index (κ1) is 15.3. The number of anilines is 1. The van der Waals surface area contributed by atoms with Crippen molar-refractivity contribution in [2.24, 2.45) is 0 Å². The molecule has 0 aliphatic carbocycles. The Bertz CT molecular complexity index is 702. The van der Waals surface area contributed by atoms with Gasteiger partial charge in [-0.25, -0.2) is 9.78 Å². The second kappa shape index (κ2) is 7.11. The molecule has 1 fully saturated rings. The lowest BCUT2D eigenvalue weighted by molar-refractivity contribution is 0.194.